The Bertz CT molecular complexity index is 465. The van der Waals surface area contributed by atoms with E-state index in [-0.39, 0.29) is 17.7 Å². The molecule has 0 saturated heterocycles. The van der Waals surface area contributed by atoms with Crippen molar-refractivity contribution >= 4 is 11.9 Å². The van der Waals surface area contributed by atoms with Gasteiger partial charge < -0.3 is 14.6 Å². The van der Waals surface area contributed by atoms with Crippen molar-refractivity contribution in [2.75, 3.05) is 13.2 Å². The van der Waals surface area contributed by atoms with Gasteiger partial charge in [-0.2, -0.15) is 0 Å². The summed E-state index contributed by atoms with van der Waals surface area (Å²) in [5.41, 5.74) is 0.501. The highest BCUT2D eigenvalue weighted by Crippen LogP contribution is 2.23. The first-order chi connectivity index (χ1) is 8.51. The van der Waals surface area contributed by atoms with Crippen molar-refractivity contribution in [2.24, 2.45) is 0 Å². The molecular formula is C13H16O5. The third-order valence-electron chi connectivity index (χ3n) is 2.33. The van der Waals surface area contributed by atoms with Gasteiger partial charge in [-0.3, -0.25) is 0 Å². The van der Waals surface area contributed by atoms with Gasteiger partial charge in [0, 0.05) is 0 Å². The largest absolute Gasteiger partial charge is 0.494 e. The van der Waals surface area contributed by atoms with E-state index in [9.17, 15) is 9.59 Å². The number of carbonyl (C=O) groups is 2. The molecule has 1 N–H and O–H groups in total. The molecule has 0 bridgehead atoms. The third kappa shape index (κ3) is 3.00. The summed E-state index contributed by atoms with van der Waals surface area (Å²) in [7, 11) is 0. The van der Waals surface area contributed by atoms with E-state index in [0.717, 1.165) is 0 Å². The highest BCUT2D eigenvalue weighted by molar-refractivity contribution is 6.03. The monoisotopic (exact) mass is 252 g/mol. The van der Waals surface area contributed by atoms with Crippen LogP contribution in [0.2, 0.25) is 0 Å². The summed E-state index contributed by atoms with van der Waals surface area (Å²) in [5.74, 6) is -1.38. The first-order valence-corrected chi connectivity index (χ1v) is 5.69. The maximum Gasteiger partial charge on any atom is 0.339 e. The first-order valence-electron chi connectivity index (χ1n) is 5.69. The summed E-state index contributed by atoms with van der Waals surface area (Å²) in [6.07, 6.45) is 0. The quantitative estimate of drug-likeness (QED) is 0.814. The minimum absolute atomic E-state index is 0.0767. The molecule has 0 radical (unpaired) electrons. The van der Waals surface area contributed by atoms with Crippen LogP contribution in [0.4, 0.5) is 0 Å². The normalized spacial score (nSPS) is 9.94. The van der Waals surface area contributed by atoms with E-state index in [0.29, 0.717) is 17.9 Å². The number of aromatic carboxylic acids is 1. The number of carbonyl (C=O) groups excluding carboxylic acids is 1. The molecule has 5 nitrogen and oxygen atoms in total. The molecular weight excluding hydrogens is 236 g/mol. The second-order valence-corrected chi connectivity index (χ2v) is 3.62. The molecule has 0 aliphatic rings. The molecule has 0 aromatic heterocycles. The van der Waals surface area contributed by atoms with Gasteiger partial charge >= 0.3 is 11.9 Å². The van der Waals surface area contributed by atoms with Gasteiger partial charge in [0.2, 0.25) is 0 Å². The second-order valence-electron chi connectivity index (χ2n) is 3.62. The third-order valence-corrected chi connectivity index (χ3v) is 2.33. The van der Waals surface area contributed by atoms with E-state index >= 15 is 0 Å². The Hall–Kier alpha value is -2.04. The Balaban J connectivity index is 3.31. The number of carboxylic acid groups (broad SMARTS) is 1. The Labute approximate surface area is 105 Å². The number of esters is 1. The molecule has 1 aromatic carbocycles. The number of rotatable bonds is 5. The van der Waals surface area contributed by atoms with Gasteiger partial charge in [-0.05, 0) is 38.5 Å². The fraction of sp³-hybridized carbons (Fsp3) is 0.385. The summed E-state index contributed by atoms with van der Waals surface area (Å²) < 4.78 is 10.1. The molecule has 0 saturated carbocycles. The fourth-order valence-corrected chi connectivity index (χ4v) is 1.65. The number of hydrogen-bond acceptors (Lipinski definition) is 4. The summed E-state index contributed by atoms with van der Waals surface area (Å²) in [5, 5.41) is 9.14. The van der Waals surface area contributed by atoms with Crippen LogP contribution < -0.4 is 4.74 Å². The van der Waals surface area contributed by atoms with Crippen LogP contribution in [0.25, 0.3) is 0 Å². The van der Waals surface area contributed by atoms with Crippen molar-refractivity contribution in [1.82, 2.24) is 0 Å². The zero-order valence-corrected chi connectivity index (χ0v) is 10.6. The number of benzene rings is 1. The van der Waals surface area contributed by atoms with Crippen LogP contribution in [-0.4, -0.2) is 30.3 Å². The molecule has 0 aliphatic carbocycles. The fourth-order valence-electron chi connectivity index (χ4n) is 1.65. The average molecular weight is 252 g/mol. The van der Waals surface area contributed by atoms with E-state index < -0.39 is 11.9 Å². The minimum Gasteiger partial charge on any atom is -0.494 e. The molecule has 18 heavy (non-hydrogen) atoms. The van der Waals surface area contributed by atoms with Crippen molar-refractivity contribution in [3.63, 3.8) is 0 Å². The van der Waals surface area contributed by atoms with E-state index in [1.54, 1.807) is 26.8 Å². The Morgan fingerprint density at radius 1 is 1.22 bits per heavy atom. The number of hydrogen-bond donors (Lipinski definition) is 1. The van der Waals surface area contributed by atoms with Crippen molar-refractivity contribution in [1.29, 1.82) is 0 Å². The topological polar surface area (TPSA) is 72.8 Å². The molecule has 1 aromatic rings. The van der Waals surface area contributed by atoms with Crippen LogP contribution in [0.1, 0.15) is 40.1 Å². The van der Waals surface area contributed by atoms with Crippen LogP contribution in [0.3, 0.4) is 0 Å². The molecule has 0 amide bonds. The summed E-state index contributed by atoms with van der Waals surface area (Å²) in [6.45, 7) is 5.75. The first kappa shape index (κ1) is 14.0. The molecule has 0 fully saturated rings. The van der Waals surface area contributed by atoms with Crippen molar-refractivity contribution < 1.29 is 24.2 Å². The van der Waals surface area contributed by atoms with Gasteiger partial charge in [0.25, 0.3) is 0 Å². The van der Waals surface area contributed by atoms with E-state index in [4.69, 9.17) is 14.6 Å². The lowest BCUT2D eigenvalue weighted by Gasteiger charge is -2.12. The highest BCUT2D eigenvalue weighted by atomic mass is 16.5. The van der Waals surface area contributed by atoms with Gasteiger partial charge in [0.1, 0.15) is 5.75 Å². The second kappa shape index (κ2) is 6.05. The van der Waals surface area contributed by atoms with Gasteiger partial charge in [-0.15, -0.1) is 0 Å². The highest BCUT2D eigenvalue weighted by Gasteiger charge is 2.21. The molecule has 0 aliphatic heterocycles. The van der Waals surface area contributed by atoms with E-state index in [2.05, 4.69) is 0 Å². The maximum atomic E-state index is 11.7. The standard InChI is InChI=1S/C13H16O5/c1-4-17-9-6-8(3)11(13(16)18-5-2)10(7-9)12(14)15/h6-7H,4-5H2,1-3H3,(H,14,15). The summed E-state index contributed by atoms with van der Waals surface area (Å²) in [6, 6.07) is 2.97. The lowest BCUT2D eigenvalue weighted by Crippen LogP contribution is -2.14. The predicted octanol–water partition coefficient (Wildman–Crippen LogP) is 2.27. The average Bonchev–Trinajstić information content (AvgIpc) is 2.28. The Morgan fingerprint density at radius 3 is 2.39 bits per heavy atom. The lowest BCUT2D eigenvalue weighted by molar-refractivity contribution is 0.0513. The molecule has 0 heterocycles. The summed E-state index contributed by atoms with van der Waals surface area (Å²) >= 11 is 0. The van der Waals surface area contributed by atoms with Crippen molar-refractivity contribution in [3.8, 4) is 5.75 Å². The van der Waals surface area contributed by atoms with Crippen LogP contribution in [0, 0.1) is 6.92 Å². The lowest BCUT2D eigenvalue weighted by atomic mass is 10.0. The summed E-state index contributed by atoms with van der Waals surface area (Å²) in [4.78, 5) is 22.9. The van der Waals surface area contributed by atoms with Crippen LogP contribution in [0.15, 0.2) is 12.1 Å². The molecule has 0 spiro atoms. The molecule has 1 rings (SSSR count). The van der Waals surface area contributed by atoms with Gasteiger partial charge in [0.15, 0.2) is 0 Å². The van der Waals surface area contributed by atoms with E-state index in [1.165, 1.54) is 6.07 Å². The van der Waals surface area contributed by atoms with Crippen LogP contribution in [-0.2, 0) is 4.74 Å². The Morgan fingerprint density at radius 2 is 1.89 bits per heavy atom. The van der Waals surface area contributed by atoms with Crippen molar-refractivity contribution in [2.45, 2.75) is 20.8 Å². The van der Waals surface area contributed by atoms with Crippen LogP contribution >= 0.6 is 0 Å². The van der Waals surface area contributed by atoms with E-state index in [1.807, 2.05) is 0 Å². The smallest absolute Gasteiger partial charge is 0.339 e. The number of aryl methyl sites for hydroxylation is 1. The maximum absolute atomic E-state index is 11.7. The zero-order valence-electron chi connectivity index (χ0n) is 10.6. The predicted molar refractivity (Wildman–Crippen MR) is 65.3 cm³/mol. The van der Waals surface area contributed by atoms with Gasteiger partial charge in [-0.1, -0.05) is 0 Å². The van der Waals surface area contributed by atoms with Gasteiger partial charge in [-0.25, -0.2) is 9.59 Å². The minimum atomic E-state index is -1.18. The van der Waals surface area contributed by atoms with Gasteiger partial charge in [0.05, 0.1) is 24.3 Å². The van der Waals surface area contributed by atoms with Crippen LogP contribution in [0.5, 0.6) is 5.75 Å². The van der Waals surface area contributed by atoms with Crippen molar-refractivity contribution in [3.05, 3.63) is 28.8 Å². The number of ether oxygens (including phenoxy) is 2. The number of carboxylic acids is 1. The SMILES string of the molecule is CCOC(=O)c1c(C)cc(OCC)cc1C(=O)O. The zero-order chi connectivity index (χ0) is 13.7. The molecule has 5 heteroatoms. The molecule has 0 atom stereocenters. The molecule has 0 unspecified atom stereocenters. The Kier molecular flexibility index (Phi) is 4.71. The molecule has 98 valence electrons.